The smallest absolute Gasteiger partial charge is 0.136 e. The van der Waals surface area contributed by atoms with Gasteiger partial charge in [-0.15, -0.1) is 5.73 Å². The molecule has 4 heteroatoms. The third-order valence-corrected chi connectivity index (χ3v) is 3.09. The lowest BCUT2D eigenvalue weighted by Gasteiger charge is -2.12. The first-order valence-corrected chi connectivity index (χ1v) is 5.38. The second-order valence-corrected chi connectivity index (χ2v) is 4.28. The van der Waals surface area contributed by atoms with Crippen LogP contribution in [0.4, 0.5) is 0 Å². The highest BCUT2D eigenvalue weighted by atomic mass is 127. The van der Waals surface area contributed by atoms with Crippen molar-refractivity contribution in [2.45, 2.75) is 13.0 Å². The van der Waals surface area contributed by atoms with Crippen molar-refractivity contribution < 1.29 is 5.11 Å². The van der Waals surface area contributed by atoms with Crippen LogP contribution in [0.1, 0.15) is 18.6 Å². The molecule has 1 aromatic rings. The van der Waals surface area contributed by atoms with Gasteiger partial charge >= 0.3 is 0 Å². The van der Waals surface area contributed by atoms with Gasteiger partial charge in [-0.05, 0) is 35.6 Å². The van der Waals surface area contributed by atoms with E-state index in [-0.39, 0.29) is 0 Å². The zero-order valence-electron chi connectivity index (χ0n) is 7.59. The highest BCUT2D eigenvalue weighted by Crippen LogP contribution is 2.29. The summed E-state index contributed by atoms with van der Waals surface area (Å²) in [5.74, 6) is 0. The van der Waals surface area contributed by atoms with Crippen LogP contribution in [-0.2, 0) is 0 Å². The molecule has 0 fully saturated rings. The fourth-order valence-electron chi connectivity index (χ4n) is 0.983. The second kappa shape index (κ2) is 4.94. The lowest BCUT2D eigenvalue weighted by atomic mass is 10.1. The molecule has 1 atom stereocenters. The van der Waals surface area contributed by atoms with Crippen LogP contribution < -0.4 is 0 Å². The summed E-state index contributed by atoms with van der Waals surface area (Å²) in [5.41, 5.74) is 3.90. The van der Waals surface area contributed by atoms with Crippen molar-refractivity contribution in [3.8, 4) is 0 Å². The Kier molecular flexibility index (Phi) is 4.13. The van der Waals surface area contributed by atoms with Crippen LogP contribution in [0.15, 0.2) is 30.1 Å². The Morgan fingerprint density at radius 3 is 2.93 bits per heavy atom. The first kappa shape index (κ1) is 11.7. The minimum Gasteiger partial charge on any atom is -0.383 e. The predicted molar refractivity (Wildman–Crippen MR) is 65.3 cm³/mol. The van der Waals surface area contributed by atoms with Gasteiger partial charge in [0.25, 0.3) is 0 Å². The van der Waals surface area contributed by atoms with E-state index in [0.29, 0.717) is 16.3 Å². The molecular weight excluding hydrogens is 312 g/mol. The molecule has 0 saturated heterocycles. The van der Waals surface area contributed by atoms with Crippen LogP contribution in [-0.4, -0.2) is 10.1 Å². The van der Waals surface area contributed by atoms with Gasteiger partial charge in [-0.1, -0.05) is 18.2 Å². The average Bonchev–Trinajstić information content (AvgIpc) is 2.16. The first-order chi connectivity index (χ1) is 6.57. The molecule has 14 heavy (non-hydrogen) atoms. The maximum Gasteiger partial charge on any atom is 0.136 e. The Balaban J connectivity index is 3.25. The van der Waals surface area contributed by atoms with E-state index >= 15 is 0 Å². The highest BCUT2D eigenvalue weighted by molar-refractivity contribution is 14.1. The minimum atomic E-state index is -0.777. The predicted octanol–water partition coefficient (Wildman–Crippen LogP) is 3.10. The fourth-order valence-corrected chi connectivity index (χ4v) is 2.11. The minimum absolute atomic E-state index is 0.319. The highest BCUT2D eigenvalue weighted by Gasteiger charge is 2.17. The Bertz CT molecular complexity index is 379. The van der Waals surface area contributed by atoms with E-state index in [0.717, 1.165) is 3.57 Å². The van der Waals surface area contributed by atoms with Crippen molar-refractivity contribution in [3.63, 3.8) is 0 Å². The van der Waals surface area contributed by atoms with Crippen LogP contribution in [0.5, 0.6) is 0 Å². The number of aliphatic hydroxyl groups is 1. The number of rotatable bonds is 2. The molecule has 1 unspecified atom stereocenters. The van der Waals surface area contributed by atoms with Crippen molar-refractivity contribution in [3.05, 3.63) is 44.4 Å². The summed E-state index contributed by atoms with van der Waals surface area (Å²) in [7, 11) is 0. The molecule has 0 saturated carbocycles. The van der Waals surface area contributed by atoms with Crippen molar-refractivity contribution >= 4 is 34.2 Å². The summed E-state index contributed by atoms with van der Waals surface area (Å²) in [4.78, 5) is 3.92. The molecule has 0 amide bonds. The average molecular weight is 322 g/mol. The van der Waals surface area contributed by atoms with Crippen LogP contribution in [0.25, 0.3) is 0 Å². The SMILES string of the molecule is C=C=C(C)C(O)c1c(I)ccnc1Cl. The molecule has 0 aliphatic rings. The summed E-state index contributed by atoms with van der Waals surface area (Å²) in [6, 6.07) is 1.79. The second-order valence-electron chi connectivity index (χ2n) is 2.76. The zero-order chi connectivity index (χ0) is 10.7. The molecule has 1 rings (SSSR count). The molecule has 0 radical (unpaired) electrons. The first-order valence-electron chi connectivity index (χ1n) is 3.92. The van der Waals surface area contributed by atoms with Gasteiger partial charge in [0.2, 0.25) is 0 Å². The van der Waals surface area contributed by atoms with Crippen molar-refractivity contribution in [1.29, 1.82) is 0 Å². The van der Waals surface area contributed by atoms with Gasteiger partial charge in [0.05, 0.1) is 0 Å². The quantitative estimate of drug-likeness (QED) is 0.516. The van der Waals surface area contributed by atoms with Gasteiger partial charge in [-0.3, -0.25) is 0 Å². The monoisotopic (exact) mass is 321 g/mol. The molecule has 0 aliphatic heterocycles. The third-order valence-electron chi connectivity index (χ3n) is 1.85. The molecule has 1 heterocycles. The molecule has 0 bridgehead atoms. The van der Waals surface area contributed by atoms with Gasteiger partial charge in [0.15, 0.2) is 0 Å². The van der Waals surface area contributed by atoms with Gasteiger partial charge in [0, 0.05) is 20.9 Å². The standard InChI is InChI=1S/C10H9ClINO/c1-3-6(2)9(14)8-7(12)4-5-13-10(8)11/h4-5,9,14H,1H2,2H3. The van der Waals surface area contributed by atoms with E-state index in [1.54, 1.807) is 19.2 Å². The number of halogens is 2. The number of hydrogen-bond donors (Lipinski definition) is 1. The summed E-state index contributed by atoms with van der Waals surface area (Å²) < 4.78 is 0.879. The normalized spacial score (nSPS) is 12.0. The van der Waals surface area contributed by atoms with Crippen LogP contribution in [0.3, 0.4) is 0 Å². The van der Waals surface area contributed by atoms with E-state index in [1.807, 2.05) is 0 Å². The van der Waals surface area contributed by atoms with E-state index in [4.69, 9.17) is 11.6 Å². The van der Waals surface area contributed by atoms with Crippen molar-refractivity contribution in [2.75, 3.05) is 0 Å². The molecule has 0 aromatic carbocycles. The van der Waals surface area contributed by atoms with Crippen molar-refractivity contribution in [2.24, 2.45) is 0 Å². The molecule has 74 valence electrons. The number of nitrogens with zero attached hydrogens (tertiary/aromatic N) is 1. The Labute approximate surface area is 101 Å². The van der Waals surface area contributed by atoms with E-state index in [2.05, 4.69) is 39.9 Å². The number of aromatic nitrogens is 1. The lowest BCUT2D eigenvalue weighted by Crippen LogP contribution is -2.03. The summed E-state index contributed by atoms with van der Waals surface area (Å²) in [5, 5.41) is 10.2. The number of pyridine rings is 1. The van der Waals surface area contributed by atoms with Gasteiger partial charge in [-0.25, -0.2) is 4.98 Å². The number of hydrogen-bond acceptors (Lipinski definition) is 2. The molecule has 0 aliphatic carbocycles. The summed E-state index contributed by atoms with van der Waals surface area (Å²) in [6.07, 6.45) is 0.827. The Hall–Kier alpha value is -0.350. The molecule has 1 N–H and O–H groups in total. The van der Waals surface area contributed by atoms with Crippen LogP contribution in [0, 0.1) is 3.57 Å². The molecular formula is C10H9ClINO. The summed E-state index contributed by atoms with van der Waals surface area (Å²) >= 11 is 7.99. The molecule has 2 nitrogen and oxygen atoms in total. The van der Waals surface area contributed by atoms with Gasteiger partial charge < -0.3 is 5.11 Å². The van der Waals surface area contributed by atoms with Crippen LogP contribution in [0.2, 0.25) is 5.15 Å². The Morgan fingerprint density at radius 2 is 2.43 bits per heavy atom. The fraction of sp³-hybridized carbons (Fsp3) is 0.200. The Morgan fingerprint density at radius 1 is 1.79 bits per heavy atom. The largest absolute Gasteiger partial charge is 0.383 e. The van der Waals surface area contributed by atoms with Gasteiger partial charge in [-0.2, -0.15) is 0 Å². The van der Waals surface area contributed by atoms with Crippen molar-refractivity contribution in [1.82, 2.24) is 4.98 Å². The number of aliphatic hydroxyl groups excluding tert-OH is 1. The maximum absolute atomic E-state index is 9.88. The zero-order valence-corrected chi connectivity index (χ0v) is 10.5. The van der Waals surface area contributed by atoms with E-state index < -0.39 is 6.10 Å². The summed E-state index contributed by atoms with van der Waals surface area (Å²) in [6.45, 7) is 5.23. The topological polar surface area (TPSA) is 33.1 Å². The third kappa shape index (κ3) is 2.36. The maximum atomic E-state index is 9.88. The molecule has 1 aromatic heterocycles. The molecule has 0 spiro atoms. The lowest BCUT2D eigenvalue weighted by molar-refractivity contribution is 0.215. The van der Waals surface area contributed by atoms with E-state index in [1.165, 1.54) is 0 Å². The van der Waals surface area contributed by atoms with Gasteiger partial charge in [0.1, 0.15) is 11.3 Å². The van der Waals surface area contributed by atoms with Crippen LogP contribution >= 0.6 is 34.2 Å². The van der Waals surface area contributed by atoms with E-state index in [9.17, 15) is 5.11 Å².